The first-order valence-corrected chi connectivity index (χ1v) is 12.9. The summed E-state index contributed by atoms with van der Waals surface area (Å²) in [7, 11) is 0. The van der Waals surface area contributed by atoms with Crippen LogP contribution in [-0.4, -0.2) is 29.5 Å². The van der Waals surface area contributed by atoms with Gasteiger partial charge in [0.1, 0.15) is 6.04 Å². The Balaban J connectivity index is 1.36. The number of carbonyl (C=O) groups excluding carboxylic acids is 2. The van der Waals surface area contributed by atoms with Crippen molar-refractivity contribution in [1.82, 2.24) is 15.4 Å². The van der Waals surface area contributed by atoms with Crippen LogP contribution < -0.4 is 15.8 Å². The molecule has 2 amide bonds. The molecule has 178 valence electrons. The summed E-state index contributed by atoms with van der Waals surface area (Å²) in [6.45, 7) is 7.79. The predicted octanol–water partition coefficient (Wildman–Crippen LogP) is 3.16. The molecule has 2 aromatic rings. The molecule has 6 heteroatoms. The molecule has 6 nitrogen and oxygen atoms in total. The summed E-state index contributed by atoms with van der Waals surface area (Å²) in [5.41, 5.74) is 10.6. The van der Waals surface area contributed by atoms with Crippen molar-refractivity contribution in [2.45, 2.75) is 90.6 Å². The number of hydrogen-bond acceptors (Lipinski definition) is 2. The number of aryl methyl sites for hydroxylation is 1. The van der Waals surface area contributed by atoms with Crippen molar-refractivity contribution < 1.29 is 14.5 Å². The molecule has 1 aromatic carbocycles. The molecule has 1 aliphatic heterocycles. The zero-order valence-electron chi connectivity index (χ0n) is 20.4. The Morgan fingerprint density at radius 3 is 2.61 bits per heavy atom. The zero-order chi connectivity index (χ0) is 23.2. The third-order valence-electron chi connectivity index (χ3n) is 8.10. The molecule has 1 saturated carbocycles. The number of rotatable bonds is 3. The summed E-state index contributed by atoms with van der Waals surface area (Å²) in [5, 5.41) is 1.46. The second-order valence-electron chi connectivity index (χ2n) is 11.4. The van der Waals surface area contributed by atoms with E-state index in [1.807, 2.05) is 20.8 Å². The first-order valence-electron chi connectivity index (χ1n) is 12.9. The summed E-state index contributed by atoms with van der Waals surface area (Å²) in [6.07, 6.45) is 10.2. The lowest BCUT2D eigenvalue weighted by atomic mass is 9.83. The zero-order valence-corrected chi connectivity index (χ0v) is 20.4. The normalized spacial score (nSPS) is 23.2. The smallest absolute Gasteiger partial charge is 0.293 e. The van der Waals surface area contributed by atoms with E-state index in [9.17, 15) is 9.59 Å². The molecule has 0 radical (unpaired) electrons. The van der Waals surface area contributed by atoms with Gasteiger partial charge in [0.15, 0.2) is 6.54 Å². The quantitative estimate of drug-likeness (QED) is 0.628. The van der Waals surface area contributed by atoms with Crippen LogP contribution in [0.5, 0.6) is 0 Å². The lowest BCUT2D eigenvalue weighted by Gasteiger charge is -2.36. The van der Waals surface area contributed by atoms with Crippen LogP contribution in [0.1, 0.15) is 94.5 Å². The van der Waals surface area contributed by atoms with Crippen molar-refractivity contribution in [3.05, 3.63) is 35.0 Å². The Bertz CT molecular complexity index is 1060. The van der Waals surface area contributed by atoms with Gasteiger partial charge in [0.05, 0.1) is 18.8 Å². The highest BCUT2D eigenvalue weighted by molar-refractivity contribution is 5.87. The van der Waals surface area contributed by atoms with Gasteiger partial charge in [0.2, 0.25) is 5.91 Å². The third-order valence-corrected chi connectivity index (χ3v) is 8.10. The van der Waals surface area contributed by atoms with E-state index in [2.05, 4.69) is 33.6 Å². The van der Waals surface area contributed by atoms with Crippen molar-refractivity contribution in [2.75, 3.05) is 13.1 Å². The molecule has 3 N–H and O–H groups in total. The Morgan fingerprint density at radius 1 is 1.06 bits per heavy atom. The summed E-state index contributed by atoms with van der Waals surface area (Å²) >= 11 is 0. The van der Waals surface area contributed by atoms with Gasteiger partial charge in [-0.25, -0.2) is 0 Å². The van der Waals surface area contributed by atoms with Gasteiger partial charge in [0.25, 0.3) is 5.91 Å². The van der Waals surface area contributed by atoms with E-state index in [4.69, 9.17) is 0 Å². The fourth-order valence-corrected chi connectivity index (χ4v) is 6.28. The molecular weight excluding hydrogens is 412 g/mol. The lowest BCUT2D eigenvalue weighted by Crippen LogP contribution is -3.15. The Morgan fingerprint density at radius 2 is 1.85 bits per heavy atom. The number of nitrogens with zero attached hydrogens (tertiary/aromatic N) is 1. The number of nitrogens with one attached hydrogen (secondary N) is 3. The minimum absolute atomic E-state index is 0.112. The SMILES string of the molecule is CC(C)(C)C(=O)NNC(=O)C[NH+]1CCn2c3c(c4cc(C5CCCCC5)ccc42)CCC[C@H]31. The highest BCUT2D eigenvalue weighted by atomic mass is 16.2. The van der Waals surface area contributed by atoms with E-state index < -0.39 is 5.41 Å². The van der Waals surface area contributed by atoms with Crippen LogP contribution in [0.2, 0.25) is 0 Å². The molecule has 1 fully saturated rings. The third kappa shape index (κ3) is 4.30. The highest BCUT2D eigenvalue weighted by Gasteiger charge is 2.38. The largest absolute Gasteiger partial charge is 0.334 e. The number of hydrazine groups is 1. The maximum absolute atomic E-state index is 12.7. The summed E-state index contributed by atoms with van der Waals surface area (Å²) in [6, 6.07) is 7.61. The minimum Gasteiger partial charge on any atom is -0.334 e. The van der Waals surface area contributed by atoms with Crippen LogP contribution in [0.15, 0.2) is 18.2 Å². The Labute approximate surface area is 197 Å². The maximum atomic E-state index is 12.7. The number of aromatic nitrogens is 1. The van der Waals surface area contributed by atoms with E-state index in [0.29, 0.717) is 12.6 Å². The van der Waals surface area contributed by atoms with Gasteiger partial charge < -0.3 is 9.47 Å². The number of quaternary nitrogens is 1. The van der Waals surface area contributed by atoms with Gasteiger partial charge in [-0.05, 0) is 54.9 Å². The fourth-order valence-electron chi connectivity index (χ4n) is 6.28. The number of fused-ring (bicyclic) bond motifs is 3. The van der Waals surface area contributed by atoms with Crippen LogP contribution in [0.4, 0.5) is 0 Å². The van der Waals surface area contributed by atoms with E-state index in [0.717, 1.165) is 31.8 Å². The van der Waals surface area contributed by atoms with Gasteiger partial charge in [-0.1, -0.05) is 46.1 Å². The van der Waals surface area contributed by atoms with Crippen molar-refractivity contribution in [2.24, 2.45) is 5.41 Å². The monoisotopic (exact) mass is 451 g/mol. The molecule has 0 spiro atoms. The van der Waals surface area contributed by atoms with E-state index in [1.165, 1.54) is 71.1 Å². The predicted molar refractivity (Wildman–Crippen MR) is 130 cm³/mol. The van der Waals surface area contributed by atoms with Gasteiger partial charge in [0, 0.05) is 22.7 Å². The first kappa shape index (κ1) is 22.5. The molecular formula is C27H39N4O2+. The van der Waals surface area contributed by atoms with Gasteiger partial charge in [-0.15, -0.1) is 0 Å². The second kappa shape index (κ2) is 8.79. The molecule has 1 aromatic heterocycles. The van der Waals surface area contributed by atoms with Crippen LogP contribution in [0, 0.1) is 5.41 Å². The van der Waals surface area contributed by atoms with Crippen LogP contribution in [-0.2, 0) is 22.6 Å². The summed E-state index contributed by atoms with van der Waals surface area (Å²) < 4.78 is 2.54. The lowest BCUT2D eigenvalue weighted by molar-refractivity contribution is -0.929. The van der Waals surface area contributed by atoms with Gasteiger partial charge in [-0.2, -0.15) is 0 Å². The number of amides is 2. The van der Waals surface area contributed by atoms with E-state index in [-0.39, 0.29) is 11.8 Å². The first-order chi connectivity index (χ1) is 15.8. The Hall–Kier alpha value is -2.34. The molecule has 2 aliphatic carbocycles. The van der Waals surface area contributed by atoms with Crippen molar-refractivity contribution in [3.63, 3.8) is 0 Å². The highest BCUT2D eigenvalue weighted by Crippen LogP contribution is 2.40. The molecule has 2 atom stereocenters. The average molecular weight is 452 g/mol. The minimum atomic E-state index is -0.527. The molecule has 33 heavy (non-hydrogen) atoms. The molecule has 5 rings (SSSR count). The van der Waals surface area contributed by atoms with E-state index >= 15 is 0 Å². The second-order valence-corrected chi connectivity index (χ2v) is 11.4. The molecule has 2 heterocycles. The molecule has 3 aliphatic rings. The average Bonchev–Trinajstić information content (AvgIpc) is 3.13. The van der Waals surface area contributed by atoms with Crippen molar-refractivity contribution >= 4 is 22.7 Å². The van der Waals surface area contributed by atoms with Crippen LogP contribution in [0.25, 0.3) is 10.9 Å². The Kier molecular flexibility index (Phi) is 5.98. The van der Waals surface area contributed by atoms with Crippen molar-refractivity contribution in [1.29, 1.82) is 0 Å². The number of benzene rings is 1. The summed E-state index contributed by atoms with van der Waals surface area (Å²) in [4.78, 5) is 26.1. The number of carbonyl (C=O) groups is 2. The standard InChI is InChI=1S/C27H38N4O2/c1-27(2,3)26(33)29-28-24(32)17-30-14-15-31-22-13-12-19(18-8-5-4-6-9-18)16-21(22)20-10-7-11-23(30)25(20)31/h12-13,16,18,23H,4-11,14-15,17H2,1-3H3,(H,28,32)(H,29,33)/p+1/t23-/m1/s1. The van der Waals surface area contributed by atoms with Gasteiger partial charge in [-0.3, -0.25) is 20.4 Å². The number of hydrogen-bond donors (Lipinski definition) is 3. The molecule has 0 saturated heterocycles. The van der Waals surface area contributed by atoms with Crippen molar-refractivity contribution in [3.8, 4) is 0 Å². The van der Waals surface area contributed by atoms with Gasteiger partial charge >= 0.3 is 0 Å². The fraction of sp³-hybridized carbons (Fsp3) is 0.630. The molecule has 1 unspecified atom stereocenters. The van der Waals surface area contributed by atoms with Crippen LogP contribution >= 0.6 is 0 Å². The van der Waals surface area contributed by atoms with E-state index in [1.54, 1.807) is 0 Å². The van der Waals surface area contributed by atoms with Crippen LogP contribution in [0.3, 0.4) is 0 Å². The molecule has 0 bridgehead atoms. The maximum Gasteiger partial charge on any atom is 0.293 e. The topological polar surface area (TPSA) is 67.6 Å². The summed E-state index contributed by atoms with van der Waals surface area (Å²) in [5.74, 6) is 0.443.